The Bertz CT molecular complexity index is 757. The van der Waals surface area contributed by atoms with E-state index in [1.165, 1.54) is 0 Å². The Labute approximate surface area is 145 Å². The minimum Gasteiger partial charge on any atom is -0.329 e. The topological polar surface area (TPSA) is 105 Å². The van der Waals surface area contributed by atoms with Crippen LogP contribution in [0.15, 0.2) is 18.2 Å². The average Bonchev–Trinajstić information content (AvgIpc) is 3.31. The summed E-state index contributed by atoms with van der Waals surface area (Å²) in [5.41, 5.74) is 8.40. The zero-order chi connectivity index (χ0) is 17.6. The Morgan fingerprint density at radius 1 is 1.28 bits per heavy atom. The van der Waals surface area contributed by atoms with Gasteiger partial charge in [-0.3, -0.25) is 19.7 Å². The highest BCUT2D eigenvalue weighted by Gasteiger charge is 2.42. The van der Waals surface area contributed by atoms with Gasteiger partial charge in [0.15, 0.2) is 0 Å². The predicted molar refractivity (Wildman–Crippen MR) is 90.3 cm³/mol. The van der Waals surface area contributed by atoms with Gasteiger partial charge in [-0.25, -0.2) is 0 Å². The number of hydrogen-bond donors (Lipinski definition) is 3. The number of piperidine rings is 1. The molecule has 2 heterocycles. The second-order valence-corrected chi connectivity index (χ2v) is 7.19. The van der Waals surface area contributed by atoms with Crippen LogP contribution < -0.4 is 16.4 Å². The first-order valence-corrected chi connectivity index (χ1v) is 8.73. The lowest BCUT2D eigenvalue weighted by Crippen LogP contribution is -2.52. The van der Waals surface area contributed by atoms with Gasteiger partial charge >= 0.3 is 0 Å². The van der Waals surface area contributed by atoms with Gasteiger partial charge in [0.25, 0.3) is 5.91 Å². The largest absolute Gasteiger partial charge is 0.329 e. The van der Waals surface area contributed by atoms with Crippen molar-refractivity contribution in [1.29, 1.82) is 0 Å². The minimum absolute atomic E-state index is 0.0215. The number of nitrogens with zero attached hydrogens (tertiary/aromatic N) is 1. The van der Waals surface area contributed by atoms with Crippen molar-refractivity contribution < 1.29 is 14.4 Å². The number of amides is 3. The first-order valence-electron chi connectivity index (χ1n) is 8.73. The molecule has 1 saturated carbocycles. The van der Waals surface area contributed by atoms with E-state index in [9.17, 15) is 14.4 Å². The Hall–Kier alpha value is -2.25. The van der Waals surface area contributed by atoms with Gasteiger partial charge in [0.05, 0.1) is 0 Å². The molecule has 132 valence electrons. The van der Waals surface area contributed by atoms with Gasteiger partial charge in [0.1, 0.15) is 6.04 Å². The summed E-state index contributed by atoms with van der Waals surface area (Å²) >= 11 is 0. The van der Waals surface area contributed by atoms with Gasteiger partial charge in [-0.2, -0.15) is 0 Å². The normalized spacial score (nSPS) is 24.3. The van der Waals surface area contributed by atoms with E-state index in [1.54, 1.807) is 4.90 Å². The van der Waals surface area contributed by atoms with Gasteiger partial charge in [-0.05, 0) is 30.4 Å². The van der Waals surface area contributed by atoms with Crippen molar-refractivity contribution in [2.24, 2.45) is 5.73 Å². The maximum atomic E-state index is 13.0. The standard InChI is InChI=1S/C18H22N4O3/c19-10-18(6-7-18)20-8-11-2-1-3-12-9-22(17(25)15(11)12)13-4-5-14(23)21-16(13)24/h1-3,13,20H,4-10,19H2,(H,21,23,24). The molecule has 1 aliphatic carbocycles. The Balaban J connectivity index is 1.54. The summed E-state index contributed by atoms with van der Waals surface area (Å²) in [4.78, 5) is 38.0. The first kappa shape index (κ1) is 16.2. The molecule has 3 aliphatic rings. The molecule has 3 amide bonds. The van der Waals surface area contributed by atoms with E-state index in [0.29, 0.717) is 31.6 Å². The average molecular weight is 342 g/mol. The zero-order valence-corrected chi connectivity index (χ0v) is 14.0. The SMILES string of the molecule is NCC1(NCc2cccc3c2C(=O)N(C2CCC(=O)NC2=O)C3)CC1. The van der Waals surface area contributed by atoms with Crippen LogP contribution >= 0.6 is 0 Å². The number of nitrogens with one attached hydrogen (secondary N) is 2. The predicted octanol–water partition coefficient (Wildman–Crippen LogP) is 0.0285. The number of carbonyl (C=O) groups excluding carboxylic acids is 3. The molecule has 25 heavy (non-hydrogen) atoms. The number of fused-ring (bicyclic) bond motifs is 1. The monoisotopic (exact) mass is 342 g/mol. The molecule has 4 rings (SSSR count). The highest BCUT2D eigenvalue weighted by atomic mass is 16.2. The lowest BCUT2D eigenvalue weighted by molar-refractivity contribution is -0.136. The number of nitrogens with two attached hydrogens (primary N) is 1. The molecule has 1 unspecified atom stereocenters. The number of benzene rings is 1. The molecule has 1 aromatic carbocycles. The molecule has 1 atom stereocenters. The fourth-order valence-electron chi connectivity index (χ4n) is 3.72. The second kappa shape index (κ2) is 5.93. The van der Waals surface area contributed by atoms with Gasteiger partial charge < -0.3 is 16.0 Å². The van der Waals surface area contributed by atoms with Crippen molar-refractivity contribution in [3.8, 4) is 0 Å². The molecule has 1 saturated heterocycles. The molecule has 7 nitrogen and oxygen atoms in total. The highest BCUT2D eigenvalue weighted by molar-refractivity contribution is 6.05. The first-order chi connectivity index (χ1) is 12.0. The highest BCUT2D eigenvalue weighted by Crippen LogP contribution is 2.35. The molecular weight excluding hydrogens is 320 g/mol. The van der Waals surface area contributed by atoms with Crippen LogP contribution in [-0.2, 0) is 22.7 Å². The van der Waals surface area contributed by atoms with E-state index >= 15 is 0 Å². The van der Waals surface area contributed by atoms with E-state index in [1.807, 2.05) is 18.2 Å². The third-order valence-electron chi connectivity index (χ3n) is 5.54. The van der Waals surface area contributed by atoms with Crippen LogP contribution in [-0.4, -0.2) is 40.7 Å². The van der Waals surface area contributed by atoms with Crippen molar-refractivity contribution in [3.05, 3.63) is 34.9 Å². The summed E-state index contributed by atoms with van der Waals surface area (Å²) in [6.07, 6.45) is 2.78. The van der Waals surface area contributed by atoms with Gasteiger partial charge in [0, 0.05) is 37.2 Å². The molecule has 7 heteroatoms. The Morgan fingerprint density at radius 2 is 2.08 bits per heavy atom. The molecule has 1 aromatic rings. The summed E-state index contributed by atoms with van der Waals surface area (Å²) in [6, 6.07) is 5.25. The number of imide groups is 1. The van der Waals surface area contributed by atoms with E-state index in [0.717, 1.165) is 24.0 Å². The molecule has 0 aromatic heterocycles. The quantitative estimate of drug-likeness (QED) is 0.655. The van der Waals surface area contributed by atoms with Crippen LogP contribution in [0.25, 0.3) is 0 Å². The number of rotatable bonds is 5. The minimum atomic E-state index is -0.572. The van der Waals surface area contributed by atoms with Crippen LogP contribution in [0.2, 0.25) is 0 Å². The van der Waals surface area contributed by atoms with Crippen LogP contribution in [0, 0.1) is 0 Å². The molecule has 0 spiro atoms. The van der Waals surface area contributed by atoms with Crippen molar-refractivity contribution in [2.75, 3.05) is 6.54 Å². The molecule has 0 bridgehead atoms. The summed E-state index contributed by atoms with van der Waals surface area (Å²) in [5.74, 6) is -0.775. The second-order valence-electron chi connectivity index (χ2n) is 7.19. The third kappa shape index (κ3) is 2.83. The summed E-state index contributed by atoms with van der Waals surface area (Å²) in [7, 11) is 0. The summed E-state index contributed by atoms with van der Waals surface area (Å²) < 4.78 is 0. The number of hydrogen-bond acceptors (Lipinski definition) is 5. The molecule has 0 radical (unpaired) electrons. The van der Waals surface area contributed by atoms with E-state index in [2.05, 4.69) is 10.6 Å². The molecule has 2 fully saturated rings. The Kier molecular flexibility index (Phi) is 3.85. The van der Waals surface area contributed by atoms with Crippen molar-refractivity contribution in [2.45, 2.75) is 50.4 Å². The Morgan fingerprint density at radius 3 is 2.76 bits per heavy atom. The summed E-state index contributed by atoms with van der Waals surface area (Å²) in [5, 5.41) is 5.81. The van der Waals surface area contributed by atoms with Crippen LogP contribution in [0.1, 0.15) is 47.2 Å². The summed E-state index contributed by atoms with van der Waals surface area (Å²) in [6.45, 7) is 1.60. The maximum Gasteiger partial charge on any atom is 0.255 e. The lowest BCUT2D eigenvalue weighted by atomic mass is 10.0. The maximum absolute atomic E-state index is 13.0. The van der Waals surface area contributed by atoms with Gasteiger partial charge in [-0.15, -0.1) is 0 Å². The van der Waals surface area contributed by atoms with Crippen LogP contribution in [0.3, 0.4) is 0 Å². The third-order valence-corrected chi connectivity index (χ3v) is 5.54. The molecular formula is C18H22N4O3. The van der Waals surface area contributed by atoms with Gasteiger partial charge in [0.2, 0.25) is 11.8 Å². The van der Waals surface area contributed by atoms with Crippen molar-refractivity contribution in [3.63, 3.8) is 0 Å². The van der Waals surface area contributed by atoms with Crippen molar-refractivity contribution in [1.82, 2.24) is 15.5 Å². The van der Waals surface area contributed by atoms with Crippen molar-refractivity contribution >= 4 is 17.7 Å². The van der Waals surface area contributed by atoms with Gasteiger partial charge in [-0.1, -0.05) is 18.2 Å². The molecule has 4 N–H and O–H groups in total. The lowest BCUT2D eigenvalue weighted by Gasteiger charge is -2.29. The van der Waals surface area contributed by atoms with E-state index in [4.69, 9.17) is 5.73 Å². The fourth-order valence-corrected chi connectivity index (χ4v) is 3.72. The smallest absolute Gasteiger partial charge is 0.255 e. The fraction of sp³-hybridized carbons (Fsp3) is 0.500. The van der Waals surface area contributed by atoms with E-state index in [-0.39, 0.29) is 29.7 Å². The number of carbonyl (C=O) groups is 3. The molecule has 2 aliphatic heterocycles. The zero-order valence-electron chi connectivity index (χ0n) is 14.0. The van der Waals surface area contributed by atoms with Crippen LogP contribution in [0.4, 0.5) is 0 Å². The van der Waals surface area contributed by atoms with Crippen LogP contribution in [0.5, 0.6) is 0 Å². The van der Waals surface area contributed by atoms with E-state index < -0.39 is 6.04 Å².